The molecule has 3 nitrogen and oxygen atoms in total. The summed E-state index contributed by atoms with van der Waals surface area (Å²) in [5, 5.41) is 2.98. The van der Waals surface area contributed by atoms with Gasteiger partial charge in [0.15, 0.2) is 0 Å². The van der Waals surface area contributed by atoms with Crippen LogP contribution in [0.4, 0.5) is 4.39 Å². The Bertz CT molecular complexity index is 505. The molecule has 4 heteroatoms. The molecule has 1 amide bonds. The third-order valence-corrected chi connectivity index (χ3v) is 4.83. The van der Waals surface area contributed by atoms with Crippen LogP contribution in [-0.4, -0.2) is 35.1 Å². The third kappa shape index (κ3) is 2.69. The molecule has 2 aliphatic rings. The zero-order chi connectivity index (χ0) is 15.0. The number of hydrogen-bond acceptors (Lipinski definition) is 2. The van der Waals surface area contributed by atoms with E-state index in [0.717, 1.165) is 12.0 Å². The number of amides is 1. The van der Waals surface area contributed by atoms with Crippen molar-refractivity contribution in [2.24, 2.45) is 5.92 Å². The maximum atomic E-state index is 14.0. The van der Waals surface area contributed by atoms with E-state index in [1.165, 1.54) is 0 Å². The van der Waals surface area contributed by atoms with E-state index in [1.54, 1.807) is 0 Å². The predicted octanol–water partition coefficient (Wildman–Crippen LogP) is 2.51. The summed E-state index contributed by atoms with van der Waals surface area (Å²) in [5.41, 5.74) is 1.07. The van der Waals surface area contributed by atoms with Gasteiger partial charge in [0, 0.05) is 24.5 Å². The van der Waals surface area contributed by atoms with Crippen LogP contribution < -0.4 is 5.32 Å². The number of likely N-dealkylation sites (tertiary alicyclic amines) is 1. The van der Waals surface area contributed by atoms with Crippen LogP contribution in [0.1, 0.15) is 32.3 Å². The molecule has 0 aromatic heterocycles. The Kier molecular flexibility index (Phi) is 3.98. The number of halogens is 1. The van der Waals surface area contributed by atoms with Gasteiger partial charge in [-0.15, -0.1) is 0 Å². The highest BCUT2D eigenvalue weighted by atomic mass is 19.1. The summed E-state index contributed by atoms with van der Waals surface area (Å²) in [4.78, 5) is 14.8. The minimum absolute atomic E-state index is 0.0256. The van der Waals surface area contributed by atoms with Gasteiger partial charge in [0.1, 0.15) is 6.17 Å². The Morgan fingerprint density at radius 1 is 1.33 bits per heavy atom. The van der Waals surface area contributed by atoms with Crippen LogP contribution in [0.5, 0.6) is 0 Å². The molecule has 1 aliphatic heterocycles. The molecule has 1 aliphatic carbocycles. The number of alkyl halides is 1. The predicted molar refractivity (Wildman–Crippen MR) is 80.5 cm³/mol. The Morgan fingerprint density at radius 2 is 2.05 bits per heavy atom. The molecule has 2 fully saturated rings. The summed E-state index contributed by atoms with van der Waals surface area (Å²) in [6.45, 7) is 4.69. The number of benzene rings is 1. The molecule has 21 heavy (non-hydrogen) atoms. The molecule has 1 aromatic carbocycles. The van der Waals surface area contributed by atoms with E-state index in [4.69, 9.17) is 0 Å². The molecule has 0 unspecified atom stereocenters. The van der Waals surface area contributed by atoms with Crippen molar-refractivity contribution in [1.82, 2.24) is 10.2 Å². The maximum absolute atomic E-state index is 14.0. The maximum Gasteiger partial charge on any atom is 0.238 e. The number of carbonyl (C=O) groups is 1. The van der Waals surface area contributed by atoms with E-state index in [2.05, 4.69) is 24.1 Å². The molecule has 1 heterocycles. The summed E-state index contributed by atoms with van der Waals surface area (Å²) < 4.78 is 14.0. The quantitative estimate of drug-likeness (QED) is 0.924. The molecule has 1 saturated carbocycles. The van der Waals surface area contributed by atoms with E-state index >= 15 is 0 Å². The number of piperidine rings is 1. The smallest absolute Gasteiger partial charge is 0.238 e. The zero-order valence-corrected chi connectivity index (χ0v) is 12.6. The van der Waals surface area contributed by atoms with Gasteiger partial charge < -0.3 is 5.32 Å². The van der Waals surface area contributed by atoms with Gasteiger partial charge in [-0.2, -0.15) is 0 Å². The minimum Gasteiger partial charge on any atom is -0.351 e. The van der Waals surface area contributed by atoms with Crippen LogP contribution in [0.25, 0.3) is 0 Å². The molecule has 3 rings (SSSR count). The second-order valence-electron chi connectivity index (χ2n) is 6.49. The fourth-order valence-electron chi connectivity index (χ4n) is 3.97. The highest BCUT2D eigenvalue weighted by Crippen LogP contribution is 2.45. The van der Waals surface area contributed by atoms with E-state index in [9.17, 15) is 9.18 Å². The Balaban J connectivity index is 1.68. The lowest BCUT2D eigenvalue weighted by atomic mass is 9.95. The van der Waals surface area contributed by atoms with Crippen molar-refractivity contribution in [3.63, 3.8) is 0 Å². The molecule has 1 N–H and O–H groups in total. The topological polar surface area (TPSA) is 32.3 Å². The van der Waals surface area contributed by atoms with Gasteiger partial charge in [0.25, 0.3) is 0 Å². The van der Waals surface area contributed by atoms with Gasteiger partial charge >= 0.3 is 0 Å². The number of hydrogen-bond donors (Lipinski definition) is 1. The molecule has 2 bridgehead atoms. The Hall–Kier alpha value is -1.42. The lowest BCUT2D eigenvalue weighted by Gasteiger charge is -2.38. The molecule has 4 atom stereocenters. The van der Waals surface area contributed by atoms with Crippen LogP contribution >= 0.6 is 0 Å². The van der Waals surface area contributed by atoms with Crippen LogP contribution in [0.2, 0.25) is 0 Å². The first-order valence-electron chi connectivity index (χ1n) is 7.81. The van der Waals surface area contributed by atoms with Gasteiger partial charge in [-0.05, 0) is 32.3 Å². The Labute approximate surface area is 125 Å². The van der Waals surface area contributed by atoms with Gasteiger partial charge in [-0.1, -0.05) is 30.3 Å². The lowest BCUT2D eigenvalue weighted by Crippen LogP contribution is -2.55. The zero-order valence-electron chi connectivity index (χ0n) is 12.6. The number of carbonyl (C=O) groups excluding carboxylic acids is 1. The molecule has 0 spiro atoms. The summed E-state index contributed by atoms with van der Waals surface area (Å²) in [7, 11) is 0. The molecular formula is C17H23FN2O. The van der Waals surface area contributed by atoms with Crippen molar-refractivity contribution in [2.45, 2.75) is 57.5 Å². The van der Waals surface area contributed by atoms with Crippen LogP contribution in [0.3, 0.4) is 0 Å². The average Bonchev–Trinajstić information content (AvgIpc) is 3.02. The molecule has 0 radical (unpaired) electrons. The van der Waals surface area contributed by atoms with E-state index in [-0.39, 0.29) is 30.0 Å². The van der Waals surface area contributed by atoms with Crippen molar-refractivity contribution < 1.29 is 9.18 Å². The van der Waals surface area contributed by atoms with Gasteiger partial charge in [-0.3, -0.25) is 9.69 Å². The number of nitrogens with zero attached hydrogens (tertiary/aromatic N) is 1. The first-order valence-corrected chi connectivity index (χ1v) is 7.81. The molecular weight excluding hydrogens is 267 g/mol. The minimum atomic E-state index is -0.822. The highest BCUT2D eigenvalue weighted by Gasteiger charge is 2.55. The van der Waals surface area contributed by atoms with Gasteiger partial charge in [0.2, 0.25) is 5.91 Å². The number of nitrogens with one attached hydrogen (secondary N) is 1. The largest absolute Gasteiger partial charge is 0.351 e. The lowest BCUT2D eigenvalue weighted by molar-refractivity contribution is -0.130. The van der Waals surface area contributed by atoms with Crippen molar-refractivity contribution >= 4 is 5.91 Å². The normalized spacial score (nSPS) is 31.8. The van der Waals surface area contributed by atoms with Gasteiger partial charge in [0.05, 0.1) is 6.04 Å². The van der Waals surface area contributed by atoms with Crippen molar-refractivity contribution in [3.8, 4) is 0 Å². The first-order chi connectivity index (χ1) is 10.1. The fourth-order valence-corrected chi connectivity index (χ4v) is 3.97. The van der Waals surface area contributed by atoms with Crippen LogP contribution in [0, 0.1) is 5.92 Å². The van der Waals surface area contributed by atoms with Crippen LogP contribution in [0.15, 0.2) is 30.3 Å². The SMILES string of the molecule is CC(C)N1[C@H]2C[C@H]([C@H]1C(=O)NCc1ccccc1)[C@@H](F)C2. The highest BCUT2D eigenvalue weighted by molar-refractivity contribution is 5.83. The average molecular weight is 290 g/mol. The fraction of sp³-hybridized carbons (Fsp3) is 0.588. The Morgan fingerprint density at radius 3 is 2.71 bits per heavy atom. The van der Waals surface area contributed by atoms with Crippen LogP contribution in [-0.2, 0) is 11.3 Å². The monoisotopic (exact) mass is 290 g/mol. The summed E-state index contributed by atoms with van der Waals surface area (Å²) in [5.74, 6) is -0.157. The second kappa shape index (κ2) is 5.76. The van der Waals surface area contributed by atoms with Crippen molar-refractivity contribution in [1.29, 1.82) is 0 Å². The van der Waals surface area contributed by atoms with Gasteiger partial charge in [-0.25, -0.2) is 4.39 Å². The summed E-state index contributed by atoms with van der Waals surface area (Å²) >= 11 is 0. The second-order valence-corrected chi connectivity index (χ2v) is 6.49. The third-order valence-electron chi connectivity index (χ3n) is 4.83. The molecule has 1 saturated heterocycles. The van der Waals surface area contributed by atoms with Crippen molar-refractivity contribution in [3.05, 3.63) is 35.9 Å². The van der Waals surface area contributed by atoms with E-state index in [0.29, 0.717) is 13.0 Å². The standard InChI is InChI=1S/C17H23FN2O/c1-11(2)20-13-8-14(15(18)9-13)16(20)17(21)19-10-12-6-4-3-5-7-12/h3-7,11,13-16H,8-10H2,1-2H3,(H,19,21)/t13-,14-,15-,16-/m0/s1. The summed E-state index contributed by atoms with van der Waals surface area (Å²) in [6, 6.07) is 10.0. The van der Waals surface area contributed by atoms with E-state index < -0.39 is 6.17 Å². The molecule has 1 aromatic rings. The number of fused-ring (bicyclic) bond motifs is 2. The molecule has 114 valence electrons. The summed E-state index contributed by atoms with van der Waals surface area (Å²) in [6.07, 6.45) is 0.589. The first kappa shape index (κ1) is 14.5. The van der Waals surface area contributed by atoms with E-state index in [1.807, 2.05) is 30.3 Å². The number of rotatable bonds is 4. The van der Waals surface area contributed by atoms with Crippen molar-refractivity contribution in [2.75, 3.05) is 0 Å².